The van der Waals surface area contributed by atoms with Crippen LogP contribution in [0.1, 0.15) is 13.3 Å². The minimum Gasteiger partial charge on any atom is -0.393 e. The van der Waals surface area contributed by atoms with Crippen molar-refractivity contribution in [2.75, 3.05) is 0 Å². The summed E-state index contributed by atoms with van der Waals surface area (Å²) in [5.74, 6) is 0. The molecule has 0 bridgehead atoms. The molecule has 17 heavy (non-hydrogen) atoms. The van der Waals surface area contributed by atoms with Crippen LogP contribution in [0.25, 0.3) is 0 Å². The lowest BCUT2D eigenvalue weighted by atomic mass is 10.2. The van der Waals surface area contributed by atoms with E-state index in [1.54, 1.807) is 6.92 Å². The Hall–Kier alpha value is -0.903. The Bertz CT molecular complexity index is 371. The van der Waals surface area contributed by atoms with Crippen LogP contribution < -0.4 is 5.19 Å². The molecular formula is C14H22O2Si. The van der Waals surface area contributed by atoms with Gasteiger partial charge in [0.15, 0.2) is 0 Å². The Morgan fingerprint density at radius 3 is 2.24 bits per heavy atom. The second kappa shape index (κ2) is 5.62. The van der Waals surface area contributed by atoms with E-state index in [4.69, 9.17) is 0 Å². The number of benzene rings is 1. The Kier molecular flexibility index (Phi) is 4.68. The standard InChI is InChI=1S/C14H22O2Si/c1-11(15)10-14(16)12(2)17(3,4)13-8-6-5-7-9-13/h5-9,11,14-16H,2,10H2,1,3-4H3/t11-,14-/m1/s1. The third-order valence-corrected chi connectivity index (χ3v) is 6.98. The van der Waals surface area contributed by atoms with Crippen molar-refractivity contribution in [3.63, 3.8) is 0 Å². The molecule has 0 aliphatic rings. The summed E-state index contributed by atoms with van der Waals surface area (Å²) in [6.45, 7) is 10.1. The summed E-state index contributed by atoms with van der Waals surface area (Å²) in [7, 11) is -1.87. The lowest BCUT2D eigenvalue weighted by Crippen LogP contribution is -2.47. The molecule has 2 atom stereocenters. The number of rotatable bonds is 5. The predicted octanol–water partition coefficient (Wildman–Crippen LogP) is 1.83. The molecule has 0 fully saturated rings. The summed E-state index contributed by atoms with van der Waals surface area (Å²) >= 11 is 0. The summed E-state index contributed by atoms with van der Waals surface area (Å²) in [5, 5.41) is 21.5. The summed E-state index contributed by atoms with van der Waals surface area (Å²) in [6, 6.07) is 10.2. The van der Waals surface area contributed by atoms with Crippen LogP contribution in [0.15, 0.2) is 42.1 Å². The van der Waals surface area contributed by atoms with Gasteiger partial charge in [0.2, 0.25) is 0 Å². The maximum absolute atomic E-state index is 10.1. The number of hydrogen-bond donors (Lipinski definition) is 2. The van der Waals surface area contributed by atoms with Gasteiger partial charge in [0.1, 0.15) is 8.07 Å². The number of aliphatic hydroxyl groups is 2. The smallest absolute Gasteiger partial charge is 0.110 e. The van der Waals surface area contributed by atoms with Crippen molar-refractivity contribution in [1.29, 1.82) is 0 Å². The molecule has 0 radical (unpaired) electrons. The first-order chi connectivity index (χ1) is 7.85. The van der Waals surface area contributed by atoms with E-state index < -0.39 is 20.3 Å². The first-order valence-corrected chi connectivity index (χ1v) is 8.96. The highest BCUT2D eigenvalue weighted by atomic mass is 28.3. The molecule has 0 spiro atoms. The summed E-state index contributed by atoms with van der Waals surface area (Å²) in [5.41, 5.74) is 0. The maximum Gasteiger partial charge on any atom is 0.110 e. The normalized spacial score (nSPS) is 15.4. The Balaban J connectivity index is 2.87. The lowest BCUT2D eigenvalue weighted by Gasteiger charge is -2.29. The molecule has 0 amide bonds. The first kappa shape index (κ1) is 14.2. The van der Waals surface area contributed by atoms with Gasteiger partial charge in [-0.05, 0) is 6.92 Å². The van der Waals surface area contributed by atoms with Gasteiger partial charge >= 0.3 is 0 Å². The molecule has 1 aromatic rings. The van der Waals surface area contributed by atoms with Crippen molar-refractivity contribution in [3.05, 3.63) is 42.1 Å². The summed E-state index contributed by atoms with van der Waals surface area (Å²) in [6.07, 6.45) is -0.749. The van der Waals surface area contributed by atoms with Crippen molar-refractivity contribution in [3.8, 4) is 0 Å². The van der Waals surface area contributed by atoms with Gasteiger partial charge < -0.3 is 10.2 Å². The summed E-state index contributed by atoms with van der Waals surface area (Å²) < 4.78 is 0. The first-order valence-electron chi connectivity index (χ1n) is 5.96. The topological polar surface area (TPSA) is 40.5 Å². The monoisotopic (exact) mass is 250 g/mol. The molecule has 94 valence electrons. The molecule has 0 saturated heterocycles. The molecule has 1 aromatic carbocycles. The lowest BCUT2D eigenvalue weighted by molar-refractivity contribution is 0.114. The zero-order chi connectivity index (χ0) is 13.1. The zero-order valence-electron chi connectivity index (χ0n) is 10.9. The van der Waals surface area contributed by atoms with E-state index in [1.165, 1.54) is 5.19 Å². The highest BCUT2D eigenvalue weighted by Crippen LogP contribution is 2.19. The van der Waals surface area contributed by atoms with Gasteiger partial charge in [0, 0.05) is 6.42 Å². The van der Waals surface area contributed by atoms with Crippen molar-refractivity contribution in [2.24, 2.45) is 0 Å². The van der Waals surface area contributed by atoms with Gasteiger partial charge in [0.25, 0.3) is 0 Å². The van der Waals surface area contributed by atoms with Gasteiger partial charge in [-0.3, -0.25) is 0 Å². The van der Waals surface area contributed by atoms with Crippen LogP contribution in [-0.2, 0) is 0 Å². The molecule has 0 aliphatic heterocycles. The predicted molar refractivity (Wildman–Crippen MR) is 75.0 cm³/mol. The van der Waals surface area contributed by atoms with Gasteiger partial charge in [-0.2, -0.15) is 0 Å². The Morgan fingerprint density at radius 2 is 1.76 bits per heavy atom. The van der Waals surface area contributed by atoms with Crippen molar-refractivity contribution in [1.82, 2.24) is 0 Å². The molecule has 0 aromatic heterocycles. The van der Waals surface area contributed by atoms with E-state index in [-0.39, 0.29) is 0 Å². The average molecular weight is 250 g/mol. The van der Waals surface area contributed by atoms with Crippen LogP contribution in [0.2, 0.25) is 13.1 Å². The minimum absolute atomic E-state index is 0.363. The van der Waals surface area contributed by atoms with E-state index in [2.05, 4.69) is 31.8 Å². The molecule has 2 N–H and O–H groups in total. The highest BCUT2D eigenvalue weighted by Gasteiger charge is 2.31. The second-order valence-electron chi connectivity index (χ2n) is 5.12. The fourth-order valence-corrected chi connectivity index (χ4v) is 4.27. The molecule has 0 heterocycles. The number of hydrogen-bond acceptors (Lipinski definition) is 2. The van der Waals surface area contributed by atoms with E-state index >= 15 is 0 Å². The fourth-order valence-electron chi connectivity index (χ4n) is 1.92. The van der Waals surface area contributed by atoms with Crippen LogP contribution in [0.5, 0.6) is 0 Å². The number of aliphatic hydroxyl groups excluding tert-OH is 2. The minimum atomic E-state index is -1.87. The molecule has 0 aliphatic carbocycles. The van der Waals surface area contributed by atoms with Crippen LogP contribution in [0, 0.1) is 0 Å². The Labute approximate surface area is 105 Å². The highest BCUT2D eigenvalue weighted by molar-refractivity contribution is 6.95. The maximum atomic E-state index is 10.1. The van der Waals surface area contributed by atoms with E-state index in [9.17, 15) is 10.2 Å². The van der Waals surface area contributed by atoms with Gasteiger partial charge in [-0.15, -0.1) is 6.58 Å². The summed E-state index contributed by atoms with van der Waals surface area (Å²) in [4.78, 5) is 0. The quantitative estimate of drug-likeness (QED) is 0.783. The molecule has 1 rings (SSSR count). The van der Waals surface area contributed by atoms with Crippen molar-refractivity contribution >= 4 is 13.3 Å². The van der Waals surface area contributed by atoms with Crippen LogP contribution >= 0.6 is 0 Å². The van der Waals surface area contributed by atoms with Gasteiger partial charge in [-0.25, -0.2) is 0 Å². The van der Waals surface area contributed by atoms with E-state index in [0.717, 1.165) is 5.20 Å². The third-order valence-electron chi connectivity index (χ3n) is 3.26. The molecule has 3 heteroatoms. The zero-order valence-corrected chi connectivity index (χ0v) is 11.9. The van der Waals surface area contributed by atoms with Crippen LogP contribution in [-0.4, -0.2) is 30.5 Å². The van der Waals surface area contributed by atoms with E-state index in [1.807, 2.05) is 18.2 Å². The SMILES string of the molecule is C=C([C@H](O)C[C@@H](C)O)[Si](C)(C)c1ccccc1. The van der Waals surface area contributed by atoms with Gasteiger partial charge in [0.05, 0.1) is 12.2 Å². The van der Waals surface area contributed by atoms with Crippen molar-refractivity contribution < 1.29 is 10.2 Å². The largest absolute Gasteiger partial charge is 0.393 e. The third kappa shape index (κ3) is 3.53. The van der Waals surface area contributed by atoms with E-state index in [0.29, 0.717) is 6.42 Å². The average Bonchev–Trinajstić information content (AvgIpc) is 2.28. The van der Waals surface area contributed by atoms with Gasteiger partial charge in [-0.1, -0.05) is 53.8 Å². The fraction of sp³-hybridized carbons (Fsp3) is 0.429. The van der Waals surface area contributed by atoms with Crippen LogP contribution in [0.4, 0.5) is 0 Å². The molecule has 0 unspecified atom stereocenters. The molecule has 0 saturated carbocycles. The second-order valence-corrected chi connectivity index (χ2v) is 9.59. The Morgan fingerprint density at radius 1 is 1.24 bits per heavy atom. The van der Waals surface area contributed by atoms with Crippen LogP contribution in [0.3, 0.4) is 0 Å². The molecular weight excluding hydrogens is 228 g/mol. The van der Waals surface area contributed by atoms with Crippen molar-refractivity contribution in [2.45, 2.75) is 38.6 Å². The molecule has 2 nitrogen and oxygen atoms in total.